The minimum Gasteiger partial charge on any atom is -0.317 e. The number of nitrogens with zero attached hydrogens (tertiary/aromatic N) is 2. The van der Waals surface area contributed by atoms with Crippen LogP contribution in [0.3, 0.4) is 0 Å². The van der Waals surface area contributed by atoms with Crippen LogP contribution in [0.15, 0.2) is 6.33 Å². The molecule has 3 nitrogen and oxygen atoms in total. The van der Waals surface area contributed by atoms with E-state index in [1.165, 1.54) is 43.6 Å². The molecule has 1 N–H and O–H groups in total. The SMILES string of the molecule is Cc1ncnc(CCC2CCNCC2)c1C. The average molecular weight is 219 g/mol. The van der Waals surface area contributed by atoms with E-state index >= 15 is 0 Å². The number of piperidine rings is 1. The highest BCUT2D eigenvalue weighted by Crippen LogP contribution is 2.19. The van der Waals surface area contributed by atoms with E-state index in [1.54, 1.807) is 6.33 Å². The van der Waals surface area contributed by atoms with E-state index in [0.29, 0.717) is 0 Å². The van der Waals surface area contributed by atoms with Crippen molar-refractivity contribution in [1.82, 2.24) is 15.3 Å². The molecule has 0 aromatic carbocycles. The van der Waals surface area contributed by atoms with E-state index in [0.717, 1.165) is 18.0 Å². The van der Waals surface area contributed by atoms with Crippen molar-refractivity contribution in [2.75, 3.05) is 13.1 Å². The average Bonchev–Trinajstić information content (AvgIpc) is 2.32. The summed E-state index contributed by atoms with van der Waals surface area (Å²) in [7, 11) is 0. The number of rotatable bonds is 3. The minimum atomic E-state index is 0.885. The molecule has 3 heteroatoms. The summed E-state index contributed by atoms with van der Waals surface area (Å²) in [5, 5.41) is 3.41. The summed E-state index contributed by atoms with van der Waals surface area (Å²) in [6.07, 6.45) is 6.73. The molecule has 0 unspecified atom stereocenters. The first-order chi connectivity index (χ1) is 7.77. The van der Waals surface area contributed by atoms with E-state index in [9.17, 15) is 0 Å². The molecule has 1 aromatic heterocycles. The monoisotopic (exact) mass is 219 g/mol. The molecule has 2 heterocycles. The third kappa shape index (κ3) is 2.79. The molecule has 1 aliphatic rings. The molecule has 0 spiro atoms. The quantitative estimate of drug-likeness (QED) is 0.845. The molecule has 0 saturated carbocycles. The van der Waals surface area contributed by atoms with Gasteiger partial charge in [-0.25, -0.2) is 9.97 Å². The van der Waals surface area contributed by atoms with E-state index in [-0.39, 0.29) is 0 Å². The fourth-order valence-corrected chi connectivity index (χ4v) is 2.35. The maximum Gasteiger partial charge on any atom is 0.115 e. The zero-order chi connectivity index (χ0) is 11.4. The standard InChI is InChI=1S/C13H21N3/c1-10-11(2)15-9-16-13(10)4-3-12-5-7-14-8-6-12/h9,12,14H,3-8H2,1-2H3. The number of aryl methyl sites for hydroxylation is 2. The van der Waals surface area contributed by atoms with Crippen molar-refractivity contribution in [1.29, 1.82) is 0 Å². The maximum absolute atomic E-state index is 4.40. The Morgan fingerprint density at radius 1 is 1.25 bits per heavy atom. The van der Waals surface area contributed by atoms with Crippen LogP contribution in [0.25, 0.3) is 0 Å². The van der Waals surface area contributed by atoms with Crippen molar-refractivity contribution in [2.24, 2.45) is 5.92 Å². The van der Waals surface area contributed by atoms with Crippen LogP contribution in [0, 0.1) is 19.8 Å². The fraction of sp³-hybridized carbons (Fsp3) is 0.692. The zero-order valence-corrected chi connectivity index (χ0v) is 10.3. The lowest BCUT2D eigenvalue weighted by Crippen LogP contribution is -2.28. The van der Waals surface area contributed by atoms with Gasteiger partial charge in [-0.1, -0.05) is 0 Å². The molecule has 2 rings (SSSR count). The second-order valence-electron chi connectivity index (χ2n) is 4.76. The summed E-state index contributed by atoms with van der Waals surface area (Å²) in [6, 6.07) is 0. The third-order valence-electron chi connectivity index (χ3n) is 3.69. The number of hydrogen-bond donors (Lipinski definition) is 1. The molecule has 0 radical (unpaired) electrons. The van der Waals surface area contributed by atoms with Gasteiger partial charge in [-0.05, 0) is 64.1 Å². The van der Waals surface area contributed by atoms with Gasteiger partial charge in [-0.15, -0.1) is 0 Å². The largest absolute Gasteiger partial charge is 0.317 e. The summed E-state index contributed by atoms with van der Waals surface area (Å²) >= 11 is 0. The van der Waals surface area contributed by atoms with Crippen molar-refractivity contribution in [3.05, 3.63) is 23.3 Å². The summed E-state index contributed by atoms with van der Waals surface area (Å²) in [5.41, 5.74) is 3.64. The van der Waals surface area contributed by atoms with Crippen molar-refractivity contribution >= 4 is 0 Å². The Labute approximate surface area is 97.7 Å². The van der Waals surface area contributed by atoms with Gasteiger partial charge in [0.2, 0.25) is 0 Å². The van der Waals surface area contributed by atoms with Crippen LogP contribution < -0.4 is 5.32 Å². The van der Waals surface area contributed by atoms with Crippen LogP contribution in [0.1, 0.15) is 36.2 Å². The van der Waals surface area contributed by atoms with Gasteiger partial charge in [-0.3, -0.25) is 0 Å². The lowest BCUT2D eigenvalue weighted by atomic mass is 9.92. The van der Waals surface area contributed by atoms with E-state index in [4.69, 9.17) is 0 Å². The minimum absolute atomic E-state index is 0.885. The van der Waals surface area contributed by atoms with Crippen LogP contribution >= 0.6 is 0 Å². The second-order valence-corrected chi connectivity index (χ2v) is 4.76. The van der Waals surface area contributed by atoms with E-state index in [2.05, 4.69) is 29.1 Å². The highest BCUT2D eigenvalue weighted by atomic mass is 14.9. The molecule has 16 heavy (non-hydrogen) atoms. The Kier molecular flexibility index (Phi) is 3.88. The topological polar surface area (TPSA) is 37.8 Å². The lowest BCUT2D eigenvalue weighted by Gasteiger charge is -2.22. The first-order valence-corrected chi connectivity index (χ1v) is 6.25. The molecule has 1 fully saturated rings. The molecule has 0 amide bonds. The molecule has 0 aliphatic carbocycles. The fourth-order valence-electron chi connectivity index (χ4n) is 2.35. The van der Waals surface area contributed by atoms with Crippen LogP contribution in [0.4, 0.5) is 0 Å². The summed E-state index contributed by atoms with van der Waals surface area (Å²) < 4.78 is 0. The summed E-state index contributed by atoms with van der Waals surface area (Å²) in [6.45, 7) is 6.57. The predicted molar refractivity (Wildman–Crippen MR) is 65.4 cm³/mol. The van der Waals surface area contributed by atoms with Crippen LogP contribution in [0.5, 0.6) is 0 Å². The molecule has 1 aliphatic heterocycles. The van der Waals surface area contributed by atoms with Gasteiger partial charge in [0, 0.05) is 11.4 Å². The highest BCUT2D eigenvalue weighted by Gasteiger charge is 2.13. The molecular formula is C13H21N3. The smallest absolute Gasteiger partial charge is 0.115 e. The van der Waals surface area contributed by atoms with Crippen molar-refractivity contribution in [3.63, 3.8) is 0 Å². The Bertz CT molecular complexity index is 343. The van der Waals surface area contributed by atoms with Gasteiger partial charge in [0.15, 0.2) is 0 Å². The van der Waals surface area contributed by atoms with Gasteiger partial charge in [0.25, 0.3) is 0 Å². The number of aromatic nitrogens is 2. The molecule has 88 valence electrons. The molecule has 0 bridgehead atoms. The maximum atomic E-state index is 4.40. The molecular weight excluding hydrogens is 198 g/mol. The zero-order valence-electron chi connectivity index (χ0n) is 10.3. The van der Waals surface area contributed by atoms with Crippen LogP contribution in [-0.4, -0.2) is 23.1 Å². The van der Waals surface area contributed by atoms with Crippen molar-refractivity contribution in [3.8, 4) is 0 Å². The van der Waals surface area contributed by atoms with Gasteiger partial charge in [0.05, 0.1) is 0 Å². The number of nitrogens with one attached hydrogen (secondary N) is 1. The Balaban J connectivity index is 1.91. The molecule has 1 saturated heterocycles. The normalized spacial score (nSPS) is 17.6. The highest BCUT2D eigenvalue weighted by molar-refractivity contribution is 5.21. The van der Waals surface area contributed by atoms with Gasteiger partial charge < -0.3 is 5.32 Å². The predicted octanol–water partition coefficient (Wildman–Crippen LogP) is 2.03. The van der Waals surface area contributed by atoms with Crippen molar-refractivity contribution < 1.29 is 0 Å². The summed E-state index contributed by atoms with van der Waals surface area (Å²) in [4.78, 5) is 8.61. The van der Waals surface area contributed by atoms with Gasteiger partial charge in [-0.2, -0.15) is 0 Å². The Morgan fingerprint density at radius 3 is 2.75 bits per heavy atom. The van der Waals surface area contributed by atoms with E-state index < -0.39 is 0 Å². The Hall–Kier alpha value is -0.960. The van der Waals surface area contributed by atoms with Gasteiger partial charge >= 0.3 is 0 Å². The first kappa shape index (κ1) is 11.5. The first-order valence-electron chi connectivity index (χ1n) is 6.25. The third-order valence-corrected chi connectivity index (χ3v) is 3.69. The second kappa shape index (κ2) is 5.39. The van der Waals surface area contributed by atoms with Crippen LogP contribution in [-0.2, 0) is 6.42 Å². The van der Waals surface area contributed by atoms with E-state index in [1.807, 2.05) is 0 Å². The van der Waals surface area contributed by atoms with Crippen LogP contribution in [0.2, 0.25) is 0 Å². The molecule has 1 aromatic rings. The lowest BCUT2D eigenvalue weighted by molar-refractivity contribution is 0.353. The Morgan fingerprint density at radius 2 is 2.00 bits per heavy atom. The summed E-state index contributed by atoms with van der Waals surface area (Å²) in [5.74, 6) is 0.885. The van der Waals surface area contributed by atoms with Gasteiger partial charge in [0.1, 0.15) is 6.33 Å². The number of hydrogen-bond acceptors (Lipinski definition) is 3. The van der Waals surface area contributed by atoms with Crippen molar-refractivity contribution in [2.45, 2.75) is 39.5 Å². The molecule has 0 atom stereocenters.